The van der Waals surface area contributed by atoms with Gasteiger partial charge in [-0.25, -0.2) is 22.9 Å². The van der Waals surface area contributed by atoms with Crippen LogP contribution < -0.4 is 16.2 Å². The van der Waals surface area contributed by atoms with Gasteiger partial charge >= 0.3 is 6.03 Å². The fourth-order valence-electron chi connectivity index (χ4n) is 3.75. The lowest BCUT2D eigenvalue weighted by Crippen LogP contribution is -2.29. The predicted molar refractivity (Wildman–Crippen MR) is 145 cm³/mol. The summed E-state index contributed by atoms with van der Waals surface area (Å²) in [6.07, 6.45) is 2.48. The predicted octanol–water partition coefficient (Wildman–Crippen LogP) is 5.35. The molecule has 4 rings (SSSR count). The third kappa shape index (κ3) is 5.66. The molecule has 9 nitrogen and oxygen atoms in total. The Morgan fingerprint density at radius 1 is 0.973 bits per heavy atom. The summed E-state index contributed by atoms with van der Waals surface area (Å²) in [6, 6.07) is 16.1. The van der Waals surface area contributed by atoms with Gasteiger partial charge in [-0.1, -0.05) is 71.7 Å². The largest absolute Gasteiger partial charge is 0.323 e. The molecule has 0 aliphatic rings. The maximum absolute atomic E-state index is 13.0. The summed E-state index contributed by atoms with van der Waals surface area (Å²) >= 11 is 12.0. The molecule has 0 radical (unpaired) electrons. The average molecular weight is 558 g/mol. The molecule has 2 aromatic heterocycles. The van der Waals surface area contributed by atoms with Crippen molar-refractivity contribution < 1.29 is 13.2 Å². The number of rotatable bonds is 6. The summed E-state index contributed by atoms with van der Waals surface area (Å²) in [5, 5.41) is 9.43. The number of benzene rings is 2. The van der Waals surface area contributed by atoms with Gasteiger partial charge in [0.15, 0.2) is 9.84 Å². The van der Waals surface area contributed by atoms with Crippen LogP contribution >= 0.6 is 23.2 Å². The number of anilines is 2. The van der Waals surface area contributed by atoms with Crippen molar-refractivity contribution in [1.82, 2.24) is 14.8 Å². The van der Waals surface area contributed by atoms with Crippen molar-refractivity contribution in [2.75, 3.05) is 16.9 Å². The molecule has 0 spiro atoms. The number of carbonyl (C=O) groups excluding carboxylic acids is 1. The molecule has 0 saturated heterocycles. The number of amides is 2. The number of aromatic nitrogens is 3. The van der Waals surface area contributed by atoms with E-state index in [1.54, 1.807) is 25.1 Å². The third-order valence-corrected chi connectivity index (χ3v) is 7.31. The van der Waals surface area contributed by atoms with Crippen LogP contribution in [0.3, 0.4) is 0 Å². The van der Waals surface area contributed by atoms with Gasteiger partial charge in [0.1, 0.15) is 15.9 Å². The lowest BCUT2D eigenvalue weighted by Gasteiger charge is -2.16. The number of carbonyl (C=O) groups is 1. The summed E-state index contributed by atoms with van der Waals surface area (Å²) < 4.78 is 27.1. The minimum Gasteiger partial charge on any atom is -0.306 e. The minimum atomic E-state index is -3.74. The molecule has 4 aromatic rings. The zero-order chi connectivity index (χ0) is 26.7. The van der Waals surface area contributed by atoms with Gasteiger partial charge in [0, 0.05) is 30.1 Å². The summed E-state index contributed by atoms with van der Waals surface area (Å²) in [6.45, 7) is 1.89. The molecule has 0 bridgehead atoms. The molecule has 0 fully saturated rings. The van der Waals surface area contributed by atoms with Crippen LogP contribution in [0.15, 0.2) is 76.6 Å². The summed E-state index contributed by atoms with van der Waals surface area (Å²) in [5.41, 5.74) is 1.20. The van der Waals surface area contributed by atoms with Crippen LogP contribution in [0.25, 0.3) is 22.4 Å². The average Bonchev–Trinajstić information content (AvgIpc) is 2.87. The van der Waals surface area contributed by atoms with Gasteiger partial charge in [0.2, 0.25) is 0 Å². The highest BCUT2D eigenvalue weighted by Crippen LogP contribution is 2.35. The van der Waals surface area contributed by atoms with Crippen molar-refractivity contribution in [2.24, 2.45) is 0 Å². The standard InChI is InChI=1S/C25H21Cl2N5O4S/c1-3-32-24(33)20(30-25(34)29-18-12-13-28-23(27)21(18)26)14-19(31-32)17-11-7-10-16(22(17)37(2,35)36)15-8-5-4-6-9-15/h4-14H,3H2,1-2H3,(H2,28,29,30,34). The first-order chi connectivity index (χ1) is 17.6. The summed E-state index contributed by atoms with van der Waals surface area (Å²) in [4.78, 5) is 29.5. The Hall–Kier alpha value is -3.73. The molecule has 190 valence electrons. The number of sulfone groups is 1. The van der Waals surface area contributed by atoms with E-state index in [2.05, 4.69) is 20.7 Å². The Morgan fingerprint density at radius 3 is 2.32 bits per heavy atom. The van der Waals surface area contributed by atoms with Crippen LogP contribution in [-0.2, 0) is 16.4 Å². The maximum atomic E-state index is 13.0. The number of aryl methyl sites for hydroxylation is 1. The fourth-order valence-corrected chi connectivity index (χ4v) is 5.23. The lowest BCUT2D eigenvalue weighted by molar-refractivity contribution is 0.262. The molecule has 2 amide bonds. The number of halogens is 2. The van der Waals surface area contributed by atoms with Crippen molar-refractivity contribution in [3.8, 4) is 22.4 Å². The van der Waals surface area contributed by atoms with E-state index in [4.69, 9.17) is 23.2 Å². The highest BCUT2D eigenvalue weighted by Gasteiger charge is 2.23. The molecule has 0 aliphatic carbocycles. The molecule has 2 N–H and O–H groups in total. The van der Waals surface area contributed by atoms with E-state index >= 15 is 0 Å². The zero-order valence-electron chi connectivity index (χ0n) is 19.7. The topological polar surface area (TPSA) is 123 Å². The van der Waals surface area contributed by atoms with Gasteiger partial charge in [-0.2, -0.15) is 5.10 Å². The monoisotopic (exact) mass is 557 g/mol. The Labute approximate surface area is 223 Å². The van der Waals surface area contributed by atoms with E-state index in [9.17, 15) is 18.0 Å². The second-order valence-electron chi connectivity index (χ2n) is 7.93. The van der Waals surface area contributed by atoms with Crippen LogP contribution in [0.5, 0.6) is 0 Å². The van der Waals surface area contributed by atoms with Crippen molar-refractivity contribution >= 4 is 50.4 Å². The number of pyridine rings is 1. The molecule has 0 aliphatic heterocycles. The first-order valence-electron chi connectivity index (χ1n) is 11.0. The maximum Gasteiger partial charge on any atom is 0.323 e. The van der Waals surface area contributed by atoms with E-state index in [-0.39, 0.29) is 38.7 Å². The van der Waals surface area contributed by atoms with Crippen molar-refractivity contribution in [3.63, 3.8) is 0 Å². The van der Waals surface area contributed by atoms with Crippen LogP contribution in [0, 0.1) is 0 Å². The molecule has 0 atom stereocenters. The van der Waals surface area contributed by atoms with Gasteiger partial charge in [0.05, 0.1) is 16.3 Å². The van der Waals surface area contributed by atoms with Crippen molar-refractivity contribution in [1.29, 1.82) is 0 Å². The van der Waals surface area contributed by atoms with Crippen LogP contribution in [0.4, 0.5) is 16.2 Å². The normalized spacial score (nSPS) is 11.2. The van der Waals surface area contributed by atoms with Crippen LogP contribution in [-0.4, -0.2) is 35.5 Å². The first kappa shape index (κ1) is 26.3. The van der Waals surface area contributed by atoms with Crippen LogP contribution in [0.2, 0.25) is 10.2 Å². The number of hydrogen-bond donors (Lipinski definition) is 2. The van der Waals surface area contributed by atoms with Gasteiger partial charge in [0.25, 0.3) is 5.56 Å². The Morgan fingerprint density at radius 2 is 1.65 bits per heavy atom. The van der Waals surface area contributed by atoms with E-state index < -0.39 is 21.4 Å². The highest BCUT2D eigenvalue weighted by atomic mass is 35.5. The van der Waals surface area contributed by atoms with Gasteiger partial charge < -0.3 is 10.6 Å². The molecule has 12 heteroatoms. The van der Waals surface area contributed by atoms with Gasteiger partial charge in [-0.3, -0.25) is 4.79 Å². The quantitative estimate of drug-likeness (QED) is 0.308. The smallest absolute Gasteiger partial charge is 0.306 e. The number of nitrogens with one attached hydrogen (secondary N) is 2. The van der Waals surface area contributed by atoms with E-state index in [1.807, 2.05) is 30.3 Å². The third-order valence-electron chi connectivity index (χ3n) is 5.36. The minimum absolute atomic E-state index is 0.00519. The molecule has 0 unspecified atom stereocenters. The summed E-state index contributed by atoms with van der Waals surface area (Å²) in [7, 11) is -3.74. The van der Waals surface area contributed by atoms with Crippen molar-refractivity contribution in [3.05, 3.63) is 87.4 Å². The fraction of sp³-hybridized carbons (Fsp3) is 0.120. The molecule has 0 saturated carbocycles. The Balaban J connectivity index is 1.82. The molecule has 2 aromatic carbocycles. The van der Waals surface area contributed by atoms with Crippen molar-refractivity contribution in [2.45, 2.75) is 18.4 Å². The van der Waals surface area contributed by atoms with Gasteiger partial charge in [-0.05, 0) is 24.6 Å². The molecule has 2 heterocycles. The van der Waals surface area contributed by atoms with E-state index in [0.29, 0.717) is 16.7 Å². The summed E-state index contributed by atoms with van der Waals surface area (Å²) in [5.74, 6) is 0. The van der Waals surface area contributed by atoms with Gasteiger partial charge in [-0.15, -0.1) is 0 Å². The SMILES string of the molecule is CCn1nc(-c2cccc(-c3ccccc3)c2S(C)(=O)=O)cc(NC(=O)Nc2ccnc(Cl)c2Cl)c1=O. The Bertz CT molecular complexity index is 1660. The number of urea groups is 1. The number of hydrogen-bond acceptors (Lipinski definition) is 6. The first-order valence-corrected chi connectivity index (χ1v) is 13.6. The van der Waals surface area contributed by atoms with E-state index in [0.717, 1.165) is 10.9 Å². The Kier molecular flexibility index (Phi) is 7.63. The lowest BCUT2D eigenvalue weighted by atomic mass is 10.0. The van der Waals surface area contributed by atoms with Crippen LogP contribution in [0.1, 0.15) is 6.92 Å². The van der Waals surface area contributed by atoms with E-state index in [1.165, 1.54) is 18.3 Å². The number of nitrogens with zero attached hydrogens (tertiary/aromatic N) is 3. The second kappa shape index (κ2) is 10.7. The zero-order valence-corrected chi connectivity index (χ0v) is 22.0. The molecular formula is C25H21Cl2N5O4S. The molecular weight excluding hydrogens is 537 g/mol. The molecule has 37 heavy (non-hydrogen) atoms. The highest BCUT2D eigenvalue weighted by molar-refractivity contribution is 7.91. The second-order valence-corrected chi connectivity index (χ2v) is 10.6.